The van der Waals surface area contributed by atoms with E-state index in [1.807, 2.05) is 0 Å². The Labute approximate surface area is 122 Å². The summed E-state index contributed by atoms with van der Waals surface area (Å²) in [5.74, 6) is -0.436. The van der Waals surface area contributed by atoms with Gasteiger partial charge in [0.25, 0.3) is 0 Å². The smallest absolute Gasteiger partial charge is 0.427 e. The normalized spacial score (nSPS) is 41.0. The maximum atomic E-state index is 10.0. The molecule has 114 valence electrons. The van der Waals surface area contributed by atoms with Crippen LogP contribution < -0.4 is 0 Å². The fourth-order valence-corrected chi connectivity index (χ4v) is 4.28. The zero-order valence-corrected chi connectivity index (χ0v) is 13.1. The maximum Gasteiger partial charge on any atom is 0.457 e. The molecule has 0 amide bonds. The van der Waals surface area contributed by atoms with Crippen LogP contribution in [0.5, 0.6) is 0 Å². The third-order valence-electron chi connectivity index (χ3n) is 5.03. The van der Waals surface area contributed by atoms with Crippen LogP contribution >= 0.6 is 0 Å². The number of hydrogen-bond acceptors (Lipinski definition) is 4. The Morgan fingerprint density at radius 3 is 2.40 bits per heavy atom. The van der Waals surface area contributed by atoms with Crippen molar-refractivity contribution in [3.8, 4) is 0 Å². The lowest BCUT2D eigenvalue weighted by molar-refractivity contribution is -0.222. The summed E-state index contributed by atoms with van der Waals surface area (Å²) in [6, 6.07) is 0. The Morgan fingerprint density at radius 1 is 1.15 bits per heavy atom. The van der Waals surface area contributed by atoms with Crippen LogP contribution in [-0.4, -0.2) is 35.7 Å². The summed E-state index contributed by atoms with van der Waals surface area (Å²) in [6.07, 6.45) is 5.78. The fraction of sp³-hybridized carbons (Fsp3) is 1.00. The first kappa shape index (κ1) is 14.8. The van der Waals surface area contributed by atoms with Crippen molar-refractivity contribution in [2.75, 3.05) is 0 Å². The molecule has 1 saturated carbocycles. The van der Waals surface area contributed by atoms with Crippen molar-refractivity contribution >= 4 is 7.12 Å². The average Bonchev–Trinajstić information content (AvgIpc) is 2.60. The molecular weight excluding hydrogens is 255 g/mol. The van der Waals surface area contributed by atoms with Gasteiger partial charge in [-0.2, -0.15) is 0 Å². The van der Waals surface area contributed by atoms with E-state index in [9.17, 15) is 5.02 Å². The van der Waals surface area contributed by atoms with Crippen LogP contribution in [0.3, 0.4) is 0 Å². The highest BCUT2D eigenvalue weighted by Crippen LogP contribution is 2.52. The predicted octanol–water partition coefficient (Wildman–Crippen LogP) is 2.75. The maximum absolute atomic E-state index is 10.0. The first-order valence-corrected chi connectivity index (χ1v) is 7.97. The summed E-state index contributed by atoms with van der Waals surface area (Å²) in [6.45, 7) is 8.50. The molecule has 0 bridgehead atoms. The van der Waals surface area contributed by atoms with Crippen LogP contribution in [0.15, 0.2) is 0 Å². The van der Waals surface area contributed by atoms with E-state index in [1.165, 1.54) is 6.42 Å². The van der Waals surface area contributed by atoms with E-state index in [2.05, 4.69) is 27.7 Å². The molecule has 5 heteroatoms. The summed E-state index contributed by atoms with van der Waals surface area (Å²) in [4.78, 5) is 0. The van der Waals surface area contributed by atoms with Crippen molar-refractivity contribution in [1.29, 1.82) is 0 Å². The van der Waals surface area contributed by atoms with Gasteiger partial charge in [-0.1, -0.05) is 27.2 Å². The molecule has 2 heterocycles. The van der Waals surface area contributed by atoms with Gasteiger partial charge >= 0.3 is 7.12 Å². The molecule has 3 fully saturated rings. The molecule has 2 saturated heterocycles. The summed E-state index contributed by atoms with van der Waals surface area (Å²) in [5.41, 5.74) is -0.563. The van der Waals surface area contributed by atoms with Crippen LogP contribution in [-0.2, 0) is 14.1 Å². The Morgan fingerprint density at radius 2 is 1.80 bits per heavy atom. The topological polar surface area (TPSA) is 47.9 Å². The van der Waals surface area contributed by atoms with Crippen molar-refractivity contribution in [3.05, 3.63) is 0 Å². The Kier molecular flexibility index (Phi) is 3.49. The minimum absolute atomic E-state index is 0.0754. The lowest BCUT2D eigenvalue weighted by Crippen LogP contribution is -2.61. The largest absolute Gasteiger partial charge is 0.457 e. The highest BCUT2D eigenvalue weighted by molar-refractivity contribution is 6.43. The first-order valence-electron chi connectivity index (χ1n) is 7.97. The fourth-order valence-electron chi connectivity index (χ4n) is 4.28. The molecule has 0 radical (unpaired) electrons. The minimum Gasteiger partial charge on any atom is -0.427 e. The predicted molar refractivity (Wildman–Crippen MR) is 77.3 cm³/mol. The summed E-state index contributed by atoms with van der Waals surface area (Å²) in [5, 5.41) is 10.0. The molecule has 0 aromatic carbocycles. The lowest BCUT2D eigenvalue weighted by Gasteiger charge is -2.48. The van der Waals surface area contributed by atoms with E-state index in [0.717, 1.165) is 25.7 Å². The minimum atomic E-state index is -0.750. The van der Waals surface area contributed by atoms with E-state index >= 15 is 0 Å². The third-order valence-corrected chi connectivity index (χ3v) is 5.03. The van der Waals surface area contributed by atoms with Crippen molar-refractivity contribution in [2.45, 2.75) is 89.7 Å². The number of hydrogen-bond donors (Lipinski definition) is 1. The molecule has 1 aliphatic carbocycles. The van der Waals surface area contributed by atoms with Gasteiger partial charge < -0.3 is 19.2 Å². The molecule has 1 N–H and O–H groups in total. The molecule has 3 rings (SSSR count). The van der Waals surface area contributed by atoms with Gasteiger partial charge in [0.05, 0.1) is 12.2 Å². The third kappa shape index (κ3) is 2.33. The molecule has 1 spiro atoms. The van der Waals surface area contributed by atoms with Gasteiger partial charge in [-0.25, -0.2) is 0 Å². The zero-order chi connectivity index (χ0) is 14.6. The summed E-state index contributed by atoms with van der Waals surface area (Å²) < 4.78 is 18.7. The van der Waals surface area contributed by atoms with E-state index in [-0.39, 0.29) is 17.6 Å². The van der Waals surface area contributed by atoms with Crippen molar-refractivity contribution in [2.24, 2.45) is 5.41 Å². The van der Waals surface area contributed by atoms with E-state index in [1.54, 1.807) is 0 Å². The quantitative estimate of drug-likeness (QED) is 0.694. The molecule has 3 aliphatic rings. The van der Waals surface area contributed by atoms with Gasteiger partial charge in [0, 0.05) is 19.2 Å². The van der Waals surface area contributed by atoms with E-state index in [0.29, 0.717) is 6.32 Å². The van der Waals surface area contributed by atoms with Crippen molar-refractivity contribution in [3.63, 3.8) is 0 Å². The first-order chi connectivity index (χ1) is 9.25. The van der Waals surface area contributed by atoms with Crippen LogP contribution in [0.4, 0.5) is 0 Å². The second-order valence-corrected chi connectivity index (χ2v) is 7.94. The molecule has 20 heavy (non-hydrogen) atoms. The lowest BCUT2D eigenvalue weighted by atomic mass is 9.65. The second kappa shape index (κ2) is 4.70. The van der Waals surface area contributed by atoms with Gasteiger partial charge in [-0.3, -0.25) is 0 Å². The van der Waals surface area contributed by atoms with Crippen LogP contribution in [0.25, 0.3) is 0 Å². The highest BCUT2D eigenvalue weighted by Gasteiger charge is 2.63. The molecule has 0 aromatic rings. The molecule has 3 atom stereocenters. The highest BCUT2D eigenvalue weighted by atomic mass is 16.8. The van der Waals surface area contributed by atoms with E-state index < -0.39 is 18.5 Å². The molecule has 2 aliphatic heterocycles. The molecule has 0 aromatic heterocycles. The van der Waals surface area contributed by atoms with Crippen LogP contribution in [0.1, 0.15) is 59.8 Å². The van der Waals surface area contributed by atoms with Gasteiger partial charge in [-0.05, 0) is 25.2 Å². The number of fused-ring (bicyclic) bond motifs is 1. The monoisotopic (exact) mass is 282 g/mol. The summed E-state index contributed by atoms with van der Waals surface area (Å²) in [7, 11) is -0.750. The zero-order valence-electron chi connectivity index (χ0n) is 13.1. The number of rotatable bonds is 0. The second-order valence-electron chi connectivity index (χ2n) is 7.94. The Bertz CT molecular complexity index is 375. The van der Waals surface area contributed by atoms with Gasteiger partial charge in [0.15, 0.2) is 5.79 Å². The van der Waals surface area contributed by atoms with Crippen molar-refractivity contribution in [1.82, 2.24) is 0 Å². The van der Waals surface area contributed by atoms with Gasteiger partial charge in [-0.15, -0.1) is 0 Å². The molecular formula is C15H27BO4. The van der Waals surface area contributed by atoms with Crippen LogP contribution in [0, 0.1) is 5.41 Å². The van der Waals surface area contributed by atoms with Gasteiger partial charge in [0.2, 0.25) is 0 Å². The SMILES string of the molecule is CC(C)(C)[C@@H]1OB(O)C[C@@H]2OC3(CCCCC3)O[C@@]21C. The van der Waals surface area contributed by atoms with E-state index in [4.69, 9.17) is 14.1 Å². The molecule has 0 unspecified atom stereocenters. The summed E-state index contributed by atoms with van der Waals surface area (Å²) >= 11 is 0. The van der Waals surface area contributed by atoms with Crippen LogP contribution in [0.2, 0.25) is 6.32 Å². The van der Waals surface area contributed by atoms with Crippen molar-refractivity contribution < 1.29 is 19.2 Å². The Balaban J connectivity index is 1.90. The number of ether oxygens (including phenoxy) is 2. The standard InChI is InChI=1S/C15H27BO4/c1-13(2,3)12-14(4)11(10-16(17)19-12)18-15(20-14)8-6-5-7-9-15/h11-12,17H,5-10H2,1-4H3/t11-,12-,14-/m0/s1. The van der Waals surface area contributed by atoms with Gasteiger partial charge in [0.1, 0.15) is 5.60 Å². The molecule has 4 nitrogen and oxygen atoms in total. The Hall–Kier alpha value is -0.0951. The average molecular weight is 282 g/mol.